The summed E-state index contributed by atoms with van der Waals surface area (Å²) in [4.78, 5) is 16.8. The molecule has 0 spiro atoms. The third-order valence-corrected chi connectivity index (χ3v) is 4.89. The van der Waals surface area contributed by atoms with E-state index in [-0.39, 0.29) is 11.9 Å². The monoisotopic (exact) mass is 316 g/mol. The maximum atomic E-state index is 12.3. The fraction of sp³-hybridized carbons (Fsp3) is 0.412. The minimum atomic E-state index is 0.0160. The summed E-state index contributed by atoms with van der Waals surface area (Å²) in [5.74, 6) is 1.29. The Labute approximate surface area is 134 Å². The lowest BCUT2D eigenvalue weighted by Gasteiger charge is -2.26. The minimum Gasteiger partial charge on any atom is -0.493 e. The molecule has 2 aromatic rings. The van der Waals surface area contributed by atoms with Gasteiger partial charge in [-0.25, -0.2) is 4.98 Å². The van der Waals surface area contributed by atoms with Crippen LogP contribution in [-0.4, -0.2) is 17.5 Å². The van der Waals surface area contributed by atoms with Crippen LogP contribution in [0.5, 0.6) is 5.75 Å². The molecule has 1 N–H and O–H groups in total. The molecule has 0 saturated heterocycles. The number of ether oxygens (including phenoxy) is 1. The smallest absolute Gasteiger partial charge is 0.226 e. The molecule has 1 atom stereocenters. The maximum Gasteiger partial charge on any atom is 0.226 e. The molecule has 4 nitrogen and oxygen atoms in total. The Kier molecular flexibility index (Phi) is 4.43. The zero-order chi connectivity index (χ0) is 15.5. The third kappa shape index (κ3) is 3.30. The number of hydrogen-bond donors (Lipinski definition) is 1. The topological polar surface area (TPSA) is 51.2 Å². The number of hydrogen-bond acceptors (Lipinski definition) is 4. The maximum absolute atomic E-state index is 12.3. The molecule has 1 aliphatic heterocycles. The Morgan fingerprint density at radius 2 is 2.27 bits per heavy atom. The van der Waals surface area contributed by atoms with Crippen molar-refractivity contribution in [1.29, 1.82) is 0 Å². The number of carbonyl (C=O) groups excluding carboxylic acids is 1. The van der Waals surface area contributed by atoms with Gasteiger partial charge in [-0.15, -0.1) is 11.3 Å². The van der Waals surface area contributed by atoms with Crippen LogP contribution in [0.3, 0.4) is 0 Å². The summed E-state index contributed by atoms with van der Waals surface area (Å²) in [6.45, 7) is 4.86. The van der Waals surface area contributed by atoms with Crippen molar-refractivity contribution < 1.29 is 9.53 Å². The number of thiazole rings is 1. The average molecular weight is 316 g/mol. The van der Waals surface area contributed by atoms with Gasteiger partial charge in [-0.2, -0.15) is 0 Å². The summed E-state index contributed by atoms with van der Waals surface area (Å²) in [7, 11) is 0. The van der Waals surface area contributed by atoms with E-state index in [4.69, 9.17) is 4.74 Å². The van der Waals surface area contributed by atoms with E-state index in [1.54, 1.807) is 11.3 Å². The molecule has 1 unspecified atom stereocenters. The molecule has 0 aliphatic carbocycles. The van der Waals surface area contributed by atoms with Gasteiger partial charge in [-0.1, -0.05) is 32.0 Å². The summed E-state index contributed by atoms with van der Waals surface area (Å²) < 4.78 is 5.62. The molecule has 3 rings (SSSR count). The van der Waals surface area contributed by atoms with Gasteiger partial charge in [0.2, 0.25) is 5.91 Å². The Morgan fingerprint density at radius 3 is 3.05 bits per heavy atom. The van der Waals surface area contributed by atoms with Crippen LogP contribution in [0.25, 0.3) is 0 Å². The van der Waals surface area contributed by atoms with Gasteiger partial charge in [0.25, 0.3) is 0 Å². The lowest BCUT2D eigenvalue weighted by Crippen LogP contribution is -2.33. The van der Waals surface area contributed by atoms with Crippen LogP contribution in [0.15, 0.2) is 29.6 Å². The molecule has 5 heteroatoms. The van der Waals surface area contributed by atoms with Gasteiger partial charge >= 0.3 is 0 Å². The molecular formula is C17H20N2O2S. The Balaban J connectivity index is 1.65. The summed E-state index contributed by atoms with van der Waals surface area (Å²) in [6, 6.07) is 7.91. The first-order valence-electron chi connectivity index (χ1n) is 7.59. The fourth-order valence-electron chi connectivity index (χ4n) is 2.57. The number of fused-ring (bicyclic) bond motifs is 1. The van der Waals surface area contributed by atoms with E-state index in [9.17, 15) is 4.79 Å². The Bertz CT molecular complexity index is 666. The average Bonchev–Trinajstić information content (AvgIpc) is 2.96. The van der Waals surface area contributed by atoms with Crippen LogP contribution in [0, 0.1) is 0 Å². The van der Waals surface area contributed by atoms with Crippen molar-refractivity contribution in [2.45, 2.75) is 38.6 Å². The number of rotatable bonds is 4. The predicted molar refractivity (Wildman–Crippen MR) is 87.3 cm³/mol. The minimum absolute atomic E-state index is 0.0160. The molecule has 0 fully saturated rings. The fourth-order valence-corrected chi connectivity index (χ4v) is 3.41. The predicted octanol–water partition coefficient (Wildman–Crippen LogP) is 3.45. The SMILES string of the molecule is CC(C)c1nc(CC(=O)NC2CCOc3ccccc32)cs1. The summed E-state index contributed by atoms with van der Waals surface area (Å²) in [5.41, 5.74) is 1.91. The van der Waals surface area contributed by atoms with Crippen molar-refractivity contribution in [2.24, 2.45) is 0 Å². The lowest BCUT2D eigenvalue weighted by atomic mass is 10.0. The second-order valence-corrected chi connectivity index (χ2v) is 6.69. The second kappa shape index (κ2) is 6.48. The number of para-hydroxylation sites is 1. The number of benzene rings is 1. The molecule has 1 aliphatic rings. The van der Waals surface area contributed by atoms with Gasteiger partial charge in [-0.3, -0.25) is 4.79 Å². The summed E-state index contributed by atoms with van der Waals surface area (Å²) in [5, 5.41) is 6.17. The molecule has 1 amide bonds. The molecule has 22 heavy (non-hydrogen) atoms. The molecule has 1 aromatic carbocycles. The molecule has 116 valence electrons. The third-order valence-electron chi connectivity index (χ3n) is 3.70. The van der Waals surface area contributed by atoms with Gasteiger partial charge in [0.1, 0.15) is 5.75 Å². The van der Waals surface area contributed by atoms with Crippen molar-refractivity contribution in [3.63, 3.8) is 0 Å². The second-order valence-electron chi connectivity index (χ2n) is 5.80. The molecule has 0 saturated carbocycles. The standard InChI is InChI=1S/C17H20N2O2S/c1-11(2)17-18-12(10-22-17)9-16(20)19-14-7-8-21-15-6-4-3-5-13(14)15/h3-6,10-11,14H,7-9H2,1-2H3,(H,19,20). The van der Waals surface area contributed by atoms with E-state index in [0.717, 1.165) is 28.4 Å². The lowest BCUT2D eigenvalue weighted by molar-refractivity contribution is -0.121. The number of carbonyl (C=O) groups is 1. The van der Waals surface area contributed by atoms with Crippen LogP contribution in [0.2, 0.25) is 0 Å². The van der Waals surface area contributed by atoms with Crippen LogP contribution in [0.4, 0.5) is 0 Å². The molecular weight excluding hydrogens is 296 g/mol. The molecule has 0 radical (unpaired) electrons. The van der Waals surface area contributed by atoms with Gasteiger partial charge in [-0.05, 0) is 6.07 Å². The largest absolute Gasteiger partial charge is 0.493 e. The molecule has 0 bridgehead atoms. The van der Waals surface area contributed by atoms with Crippen LogP contribution >= 0.6 is 11.3 Å². The van der Waals surface area contributed by atoms with E-state index in [1.807, 2.05) is 29.6 Å². The normalized spacial score (nSPS) is 17.0. The highest BCUT2D eigenvalue weighted by molar-refractivity contribution is 7.09. The number of amides is 1. The number of aromatic nitrogens is 1. The number of nitrogens with one attached hydrogen (secondary N) is 1. The van der Waals surface area contributed by atoms with Crippen LogP contribution in [-0.2, 0) is 11.2 Å². The van der Waals surface area contributed by atoms with E-state index in [0.29, 0.717) is 18.9 Å². The molecule has 1 aromatic heterocycles. The van der Waals surface area contributed by atoms with Gasteiger partial charge < -0.3 is 10.1 Å². The van der Waals surface area contributed by atoms with E-state index < -0.39 is 0 Å². The highest BCUT2D eigenvalue weighted by atomic mass is 32.1. The van der Waals surface area contributed by atoms with Gasteiger partial charge in [0.05, 0.1) is 29.8 Å². The first-order chi connectivity index (χ1) is 10.6. The highest BCUT2D eigenvalue weighted by Crippen LogP contribution is 2.31. The van der Waals surface area contributed by atoms with E-state index in [2.05, 4.69) is 24.1 Å². The Morgan fingerprint density at radius 1 is 1.45 bits per heavy atom. The van der Waals surface area contributed by atoms with Crippen LogP contribution < -0.4 is 10.1 Å². The summed E-state index contributed by atoms with van der Waals surface area (Å²) in [6.07, 6.45) is 1.14. The van der Waals surface area contributed by atoms with Crippen molar-refractivity contribution in [2.75, 3.05) is 6.61 Å². The van der Waals surface area contributed by atoms with Crippen molar-refractivity contribution in [1.82, 2.24) is 10.3 Å². The van der Waals surface area contributed by atoms with E-state index in [1.165, 1.54) is 0 Å². The molecule has 2 heterocycles. The zero-order valence-corrected chi connectivity index (χ0v) is 13.7. The summed E-state index contributed by atoms with van der Waals surface area (Å²) >= 11 is 1.62. The van der Waals surface area contributed by atoms with E-state index >= 15 is 0 Å². The van der Waals surface area contributed by atoms with Gasteiger partial charge in [0.15, 0.2) is 0 Å². The van der Waals surface area contributed by atoms with Crippen molar-refractivity contribution >= 4 is 17.2 Å². The van der Waals surface area contributed by atoms with Crippen molar-refractivity contribution in [3.05, 3.63) is 45.9 Å². The quantitative estimate of drug-likeness (QED) is 0.940. The van der Waals surface area contributed by atoms with Crippen LogP contribution in [0.1, 0.15) is 48.5 Å². The zero-order valence-electron chi connectivity index (χ0n) is 12.8. The Hall–Kier alpha value is -1.88. The number of nitrogens with zero attached hydrogens (tertiary/aromatic N) is 1. The van der Waals surface area contributed by atoms with Gasteiger partial charge in [0, 0.05) is 23.3 Å². The van der Waals surface area contributed by atoms with Crippen molar-refractivity contribution in [3.8, 4) is 5.75 Å². The first-order valence-corrected chi connectivity index (χ1v) is 8.47. The highest BCUT2D eigenvalue weighted by Gasteiger charge is 2.22. The first kappa shape index (κ1) is 15.0.